The summed E-state index contributed by atoms with van der Waals surface area (Å²) in [6.45, 7) is 8.08. The number of carbonyl (C=O) groups excluding carboxylic acids is 1. The Morgan fingerprint density at radius 2 is 2.04 bits per heavy atom. The topological polar surface area (TPSA) is 96.1 Å². The first kappa shape index (κ1) is 20.0. The number of thioether (sulfide) groups is 1. The van der Waals surface area contributed by atoms with Crippen LogP contribution in [0, 0.1) is 17.2 Å². The van der Waals surface area contributed by atoms with Crippen molar-refractivity contribution in [2.75, 3.05) is 37.0 Å². The van der Waals surface area contributed by atoms with E-state index in [9.17, 15) is 10.1 Å². The SMILES string of the molecule is CC(C)Cn1c(SCC(=O)NC2(C#N)CCCC2)nnc1N1CCOCC1. The minimum Gasteiger partial charge on any atom is -0.378 e. The van der Waals surface area contributed by atoms with E-state index in [1.807, 2.05) is 0 Å². The van der Waals surface area contributed by atoms with Crippen LogP contribution >= 0.6 is 11.8 Å². The summed E-state index contributed by atoms with van der Waals surface area (Å²) in [5.41, 5.74) is -0.678. The fourth-order valence-electron chi connectivity index (χ4n) is 3.59. The van der Waals surface area contributed by atoms with Crippen LogP contribution in [0.3, 0.4) is 0 Å². The third-order valence-corrected chi connectivity index (χ3v) is 5.89. The monoisotopic (exact) mass is 392 g/mol. The molecule has 1 saturated carbocycles. The van der Waals surface area contributed by atoms with Crippen LogP contribution in [-0.4, -0.2) is 58.3 Å². The van der Waals surface area contributed by atoms with Crippen molar-refractivity contribution in [3.05, 3.63) is 0 Å². The molecule has 3 rings (SSSR count). The molecule has 1 amide bonds. The Bertz CT molecular complexity index is 687. The Morgan fingerprint density at radius 3 is 2.67 bits per heavy atom. The molecule has 1 N–H and O–H groups in total. The summed E-state index contributed by atoms with van der Waals surface area (Å²) in [5.74, 6) is 1.41. The highest BCUT2D eigenvalue weighted by Gasteiger charge is 2.35. The average molecular weight is 393 g/mol. The second-order valence-electron chi connectivity index (χ2n) is 7.62. The highest BCUT2D eigenvalue weighted by atomic mass is 32.2. The number of aromatic nitrogens is 3. The fraction of sp³-hybridized carbons (Fsp3) is 0.778. The summed E-state index contributed by atoms with van der Waals surface area (Å²) >= 11 is 1.38. The second kappa shape index (κ2) is 8.93. The zero-order chi connectivity index (χ0) is 19.3. The number of rotatable bonds is 7. The average Bonchev–Trinajstić information content (AvgIpc) is 3.28. The van der Waals surface area contributed by atoms with Crippen LogP contribution in [0.2, 0.25) is 0 Å². The van der Waals surface area contributed by atoms with Crippen molar-refractivity contribution in [2.45, 2.75) is 56.8 Å². The number of morpholine rings is 1. The predicted octanol–water partition coefficient (Wildman–Crippen LogP) is 1.82. The van der Waals surface area contributed by atoms with Gasteiger partial charge < -0.3 is 15.0 Å². The van der Waals surface area contributed by atoms with Gasteiger partial charge in [0.25, 0.3) is 0 Å². The normalized spacial score (nSPS) is 19.3. The summed E-state index contributed by atoms with van der Waals surface area (Å²) in [7, 11) is 0. The molecular formula is C18H28N6O2S. The molecule has 0 bridgehead atoms. The van der Waals surface area contributed by atoms with Gasteiger partial charge in [-0.15, -0.1) is 10.2 Å². The Kier molecular flexibility index (Phi) is 6.60. The van der Waals surface area contributed by atoms with E-state index in [1.54, 1.807) is 0 Å². The summed E-state index contributed by atoms with van der Waals surface area (Å²) in [5, 5.41) is 21.8. The number of amides is 1. The van der Waals surface area contributed by atoms with E-state index in [0.717, 1.165) is 56.4 Å². The number of hydrogen-bond donors (Lipinski definition) is 1. The van der Waals surface area contributed by atoms with E-state index in [0.29, 0.717) is 19.1 Å². The van der Waals surface area contributed by atoms with Gasteiger partial charge in [0, 0.05) is 19.6 Å². The van der Waals surface area contributed by atoms with E-state index in [2.05, 4.69) is 44.9 Å². The van der Waals surface area contributed by atoms with E-state index in [1.165, 1.54) is 11.8 Å². The van der Waals surface area contributed by atoms with Crippen molar-refractivity contribution >= 4 is 23.6 Å². The van der Waals surface area contributed by atoms with Gasteiger partial charge in [-0.2, -0.15) is 5.26 Å². The van der Waals surface area contributed by atoms with Gasteiger partial charge in [-0.25, -0.2) is 0 Å². The van der Waals surface area contributed by atoms with E-state index in [4.69, 9.17) is 4.74 Å². The molecule has 8 nitrogen and oxygen atoms in total. The minimum atomic E-state index is -0.678. The maximum absolute atomic E-state index is 12.4. The molecule has 0 spiro atoms. The Hall–Kier alpha value is -1.79. The van der Waals surface area contributed by atoms with Crippen LogP contribution in [0.25, 0.3) is 0 Å². The molecule has 2 aliphatic rings. The highest BCUT2D eigenvalue weighted by molar-refractivity contribution is 7.99. The van der Waals surface area contributed by atoms with E-state index in [-0.39, 0.29) is 11.7 Å². The Balaban J connectivity index is 1.66. The highest BCUT2D eigenvalue weighted by Crippen LogP contribution is 2.29. The van der Waals surface area contributed by atoms with Crippen LogP contribution in [0.4, 0.5) is 5.95 Å². The molecule has 1 aromatic rings. The van der Waals surface area contributed by atoms with Crippen molar-refractivity contribution in [3.8, 4) is 6.07 Å². The fourth-order valence-corrected chi connectivity index (χ4v) is 4.33. The zero-order valence-corrected chi connectivity index (χ0v) is 16.9. The van der Waals surface area contributed by atoms with Gasteiger partial charge in [-0.1, -0.05) is 25.6 Å². The first-order chi connectivity index (χ1) is 13.0. The molecule has 1 aromatic heterocycles. The molecule has 9 heteroatoms. The molecule has 0 atom stereocenters. The maximum atomic E-state index is 12.4. The third kappa shape index (κ3) is 4.93. The van der Waals surface area contributed by atoms with E-state index < -0.39 is 5.54 Å². The lowest BCUT2D eigenvalue weighted by Gasteiger charge is -2.28. The first-order valence-electron chi connectivity index (χ1n) is 9.64. The number of hydrogen-bond acceptors (Lipinski definition) is 7. The number of nitrogens with one attached hydrogen (secondary N) is 1. The molecular weight excluding hydrogens is 364 g/mol. The number of nitrogens with zero attached hydrogens (tertiary/aromatic N) is 5. The van der Waals surface area contributed by atoms with Gasteiger partial charge in [0.1, 0.15) is 5.54 Å². The molecule has 27 heavy (non-hydrogen) atoms. The third-order valence-electron chi connectivity index (χ3n) is 4.92. The van der Waals surface area contributed by atoms with Crippen LogP contribution in [0.5, 0.6) is 0 Å². The smallest absolute Gasteiger partial charge is 0.231 e. The number of ether oxygens (including phenoxy) is 1. The summed E-state index contributed by atoms with van der Waals surface area (Å²) in [4.78, 5) is 14.6. The zero-order valence-electron chi connectivity index (χ0n) is 16.1. The quantitative estimate of drug-likeness (QED) is 0.707. The van der Waals surface area contributed by atoms with Crippen molar-refractivity contribution < 1.29 is 9.53 Å². The molecule has 148 valence electrons. The molecule has 1 aliphatic heterocycles. The molecule has 2 fully saturated rings. The molecule has 0 radical (unpaired) electrons. The van der Waals surface area contributed by atoms with Crippen LogP contribution in [-0.2, 0) is 16.1 Å². The van der Waals surface area contributed by atoms with Gasteiger partial charge in [-0.3, -0.25) is 9.36 Å². The summed E-state index contributed by atoms with van der Waals surface area (Å²) in [6, 6.07) is 2.30. The molecule has 2 heterocycles. The van der Waals surface area contributed by atoms with Crippen molar-refractivity contribution in [1.82, 2.24) is 20.1 Å². The lowest BCUT2D eigenvalue weighted by Crippen LogP contribution is -2.45. The second-order valence-corrected chi connectivity index (χ2v) is 8.57. The van der Waals surface area contributed by atoms with Gasteiger partial charge in [-0.05, 0) is 31.6 Å². The molecule has 1 aliphatic carbocycles. The Labute approximate surface area is 164 Å². The molecule has 0 aromatic carbocycles. The lowest BCUT2D eigenvalue weighted by atomic mass is 10.0. The summed E-state index contributed by atoms with van der Waals surface area (Å²) < 4.78 is 7.53. The van der Waals surface area contributed by atoms with Crippen molar-refractivity contribution in [1.29, 1.82) is 5.26 Å². The van der Waals surface area contributed by atoms with Crippen molar-refractivity contribution in [3.63, 3.8) is 0 Å². The van der Waals surface area contributed by atoms with Crippen LogP contribution < -0.4 is 10.2 Å². The van der Waals surface area contributed by atoms with Crippen molar-refractivity contribution in [2.24, 2.45) is 5.92 Å². The van der Waals surface area contributed by atoms with Gasteiger partial charge in [0.2, 0.25) is 11.9 Å². The van der Waals surface area contributed by atoms with Gasteiger partial charge in [0.05, 0.1) is 25.0 Å². The Morgan fingerprint density at radius 1 is 1.33 bits per heavy atom. The standard InChI is InChI=1S/C18H28N6O2S/c1-14(2)11-24-16(23-7-9-26-10-8-23)21-22-17(24)27-12-15(25)20-18(13-19)5-3-4-6-18/h14H,3-12H2,1-2H3,(H,20,25). The van der Waals surface area contributed by atoms with Crippen LogP contribution in [0.15, 0.2) is 5.16 Å². The number of carbonyl (C=O) groups is 1. The summed E-state index contributed by atoms with van der Waals surface area (Å²) in [6.07, 6.45) is 3.47. The first-order valence-corrected chi connectivity index (χ1v) is 10.6. The lowest BCUT2D eigenvalue weighted by molar-refractivity contribution is -0.119. The van der Waals surface area contributed by atoms with Gasteiger partial charge >= 0.3 is 0 Å². The molecule has 1 saturated heterocycles. The predicted molar refractivity (Wildman–Crippen MR) is 104 cm³/mol. The minimum absolute atomic E-state index is 0.115. The number of nitriles is 1. The largest absolute Gasteiger partial charge is 0.378 e. The van der Waals surface area contributed by atoms with Crippen LogP contribution in [0.1, 0.15) is 39.5 Å². The molecule has 0 unspecified atom stereocenters. The van der Waals surface area contributed by atoms with Gasteiger partial charge in [0.15, 0.2) is 5.16 Å². The van der Waals surface area contributed by atoms with E-state index >= 15 is 0 Å². The maximum Gasteiger partial charge on any atom is 0.231 e. The number of anilines is 1.